The number of carbonyl (C=O) groups excluding carboxylic acids is 1. The summed E-state index contributed by atoms with van der Waals surface area (Å²) in [4.78, 5) is 22.0. The summed E-state index contributed by atoms with van der Waals surface area (Å²) in [7, 11) is 4.29. The van der Waals surface area contributed by atoms with Gasteiger partial charge in [0.1, 0.15) is 16.5 Å². The number of aromatic nitrogens is 1. The Labute approximate surface area is 185 Å². The number of carbonyl (C=O) groups is 1. The lowest BCUT2D eigenvalue weighted by Crippen LogP contribution is -2.41. The largest absolute Gasteiger partial charge is 0.382 e. The summed E-state index contributed by atoms with van der Waals surface area (Å²) in [5, 5.41) is 3.77. The second-order valence-electron chi connectivity index (χ2n) is 7.92. The number of benzene rings is 2. The van der Waals surface area contributed by atoms with Gasteiger partial charge in [-0.3, -0.25) is 4.79 Å². The van der Waals surface area contributed by atoms with Gasteiger partial charge in [0.2, 0.25) is 5.78 Å². The maximum absolute atomic E-state index is 13.1. The Morgan fingerprint density at radius 1 is 1.13 bits per heavy atom. The third-order valence-electron chi connectivity index (χ3n) is 5.64. The molecule has 0 aliphatic carbocycles. The Kier molecular flexibility index (Phi) is 6.20. The van der Waals surface area contributed by atoms with E-state index >= 15 is 0 Å². The molecular weight excluding hydrogens is 413 g/mol. The molecule has 1 aliphatic heterocycles. The van der Waals surface area contributed by atoms with E-state index in [1.165, 1.54) is 41.3 Å². The summed E-state index contributed by atoms with van der Waals surface area (Å²) in [6.07, 6.45) is 2.33. The number of nitrogens with zero attached hydrogens (tertiary/aromatic N) is 3. The molecule has 0 amide bonds. The van der Waals surface area contributed by atoms with Crippen LogP contribution in [-0.4, -0.2) is 48.9 Å². The summed E-state index contributed by atoms with van der Waals surface area (Å²) in [6, 6.07) is 14.3. The van der Waals surface area contributed by atoms with Crippen molar-refractivity contribution in [3.63, 3.8) is 0 Å². The number of thiazole rings is 1. The fraction of sp³-hybridized carbons (Fsp3) is 0.304. The van der Waals surface area contributed by atoms with Crippen LogP contribution in [0.25, 0.3) is 0 Å². The fourth-order valence-electron chi connectivity index (χ4n) is 3.80. The summed E-state index contributed by atoms with van der Waals surface area (Å²) < 4.78 is 13.1. The van der Waals surface area contributed by atoms with E-state index < -0.39 is 0 Å². The molecule has 31 heavy (non-hydrogen) atoms. The zero-order chi connectivity index (χ0) is 22.0. The predicted octanol–water partition coefficient (Wildman–Crippen LogP) is 4.37. The quantitative estimate of drug-likeness (QED) is 0.556. The first-order valence-corrected chi connectivity index (χ1v) is 11.1. The third-order valence-corrected chi connectivity index (χ3v) is 6.63. The molecule has 8 heteroatoms. The van der Waals surface area contributed by atoms with Crippen LogP contribution in [0.4, 0.5) is 26.7 Å². The highest BCUT2D eigenvalue weighted by atomic mass is 32.1. The first-order chi connectivity index (χ1) is 14.9. The van der Waals surface area contributed by atoms with E-state index in [0.29, 0.717) is 21.6 Å². The molecule has 0 radical (unpaired) electrons. The van der Waals surface area contributed by atoms with Crippen LogP contribution in [0.3, 0.4) is 0 Å². The number of anilines is 4. The molecule has 3 N–H and O–H groups in total. The van der Waals surface area contributed by atoms with Gasteiger partial charge in [-0.25, -0.2) is 9.37 Å². The first-order valence-electron chi connectivity index (χ1n) is 10.3. The van der Waals surface area contributed by atoms with Gasteiger partial charge in [-0.1, -0.05) is 11.3 Å². The topological polar surface area (TPSA) is 74.5 Å². The molecule has 1 saturated heterocycles. The number of nitrogens with one attached hydrogen (secondary N) is 1. The van der Waals surface area contributed by atoms with Crippen LogP contribution in [-0.2, 0) is 0 Å². The van der Waals surface area contributed by atoms with Crippen LogP contribution in [0.2, 0.25) is 0 Å². The number of halogens is 1. The van der Waals surface area contributed by atoms with Gasteiger partial charge in [0.25, 0.3) is 0 Å². The molecule has 0 saturated carbocycles. The maximum Gasteiger partial charge on any atom is 0.206 e. The van der Waals surface area contributed by atoms with E-state index in [1.54, 1.807) is 0 Å². The molecular formula is C23H26FN5OS. The highest BCUT2D eigenvalue weighted by Gasteiger charge is 2.21. The Bertz CT molecular complexity index is 1040. The molecule has 1 aromatic heterocycles. The monoisotopic (exact) mass is 439 g/mol. The highest BCUT2D eigenvalue weighted by molar-refractivity contribution is 7.18. The number of ketones is 1. The standard InChI is InChI=1S/C23H26FN5OS/c1-28(2)18-11-13-29(14-12-18)19-9-7-17(8-10-19)26-23-27-22(25)21(31-23)20(30)15-3-5-16(24)6-4-15/h3-10,18H,11-14,25H2,1-2H3,(H,26,27). The maximum atomic E-state index is 13.1. The van der Waals surface area contributed by atoms with Crippen molar-refractivity contribution in [2.75, 3.05) is 43.1 Å². The van der Waals surface area contributed by atoms with E-state index in [9.17, 15) is 9.18 Å². The molecule has 6 nitrogen and oxygen atoms in total. The SMILES string of the molecule is CN(C)C1CCN(c2ccc(Nc3nc(N)c(C(=O)c4ccc(F)cc4)s3)cc2)CC1. The van der Waals surface area contributed by atoms with Gasteiger partial charge in [0.05, 0.1) is 0 Å². The van der Waals surface area contributed by atoms with Gasteiger partial charge in [0.15, 0.2) is 5.13 Å². The number of nitrogens with two attached hydrogens (primary N) is 1. The Hall–Kier alpha value is -2.97. The number of hydrogen-bond acceptors (Lipinski definition) is 7. The molecule has 2 heterocycles. The van der Waals surface area contributed by atoms with Crippen LogP contribution < -0.4 is 16.0 Å². The van der Waals surface area contributed by atoms with Crippen LogP contribution in [0.5, 0.6) is 0 Å². The van der Waals surface area contributed by atoms with Crippen molar-refractivity contribution in [3.05, 3.63) is 64.8 Å². The average Bonchev–Trinajstić information content (AvgIpc) is 3.14. The lowest BCUT2D eigenvalue weighted by Gasteiger charge is -2.36. The van der Waals surface area contributed by atoms with Gasteiger partial charge >= 0.3 is 0 Å². The van der Waals surface area contributed by atoms with Gasteiger partial charge in [-0.2, -0.15) is 0 Å². The summed E-state index contributed by atoms with van der Waals surface area (Å²) in [6.45, 7) is 2.10. The minimum absolute atomic E-state index is 0.169. The summed E-state index contributed by atoms with van der Waals surface area (Å²) >= 11 is 1.19. The molecule has 4 rings (SSSR count). The smallest absolute Gasteiger partial charge is 0.206 e. The van der Waals surface area contributed by atoms with Crippen molar-refractivity contribution in [3.8, 4) is 0 Å². The molecule has 0 unspecified atom stereocenters. The van der Waals surface area contributed by atoms with Crippen molar-refractivity contribution in [1.29, 1.82) is 0 Å². The third kappa shape index (κ3) is 4.86. The Morgan fingerprint density at radius 2 is 1.77 bits per heavy atom. The van der Waals surface area contributed by atoms with Crippen molar-refractivity contribution in [2.24, 2.45) is 0 Å². The number of hydrogen-bond donors (Lipinski definition) is 2. The molecule has 162 valence electrons. The zero-order valence-corrected chi connectivity index (χ0v) is 18.5. The van der Waals surface area contributed by atoms with E-state index in [4.69, 9.17) is 5.73 Å². The highest BCUT2D eigenvalue weighted by Crippen LogP contribution is 2.31. The molecule has 2 aromatic carbocycles. The number of rotatable bonds is 6. The number of nitrogen functional groups attached to an aromatic ring is 1. The lowest BCUT2D eigenvalue weighted by molar-refractivity contribution is 0.104. The fourth-order valence-corrected chi connectivity index (χ4v) is 4.67. The van der Waals surface area contributed by atoms with Gasteiger partial charge in [-0.05, 0) is 75.5 Å². The van der Waals surface area contributed by atoms with E-state index in [0.717, 1.165) is 31.6 Å². The molecule has 3 aromatic rings. The Balaban J connectivity index is 1.41. The molecule has 1 aliphatic rings. The van der Waals surface area contributed by atoms with Crippen LogP contribution >= 0.6 is 11.3 Å². The second-order valence-corrected chi connectivity index (χ2v) is 8.92. The minimum Gasteiger partial charge on any atom is -0.382 e. The van der Waals surface area contributed by atoms with Crippen molar-refractivity contribution in [1.82, 2.24) is 9.88 Å². The van der Waals surface area contributed by atoms with E-state index in [2.05, 4.69) is 46.3 Å². The molecule has 0 spiro atoms. The lowest BCUT2D eigenvalue weighted by atomic mass is 10.0. The van der Waals surface area contributed by atoms with Crippen molar-refractivity contribution >= 4 is 39.4 Å². The average molecular weight is 440 g/mol. The first kappa shape index (κ1) is 21.3. The van der Waals surface area contributed by atoms with Gasteiger partial charge < -0.3 is 20.9 Å². The van der Waals surface area contributed by atoms with Crippen molar-refractivity contribution in [2.45, 2.75) is 18.9 Å². The molecule has 1 fully saturated rings. The Morgan fingerprint density at radius 3 is 2.39 bits per heavy atom. The van der Waals surface area contributed by atoms with Crippen LogP contribution in [0.1, 0.15) is 28.1 Å². The summed E-state index contributed by atoms with van der Waals surface area (Å²) in [5.74, 6) is -0.483. The van der Waals surface area contributed by atoms with E-state index in [-0.39, 0.29) is 17.4 Å². The summed E-state index contributed by atoms with van der Waals surface area (Å²) in [5.41, 5.74) is 8.43. The second kappa shape index (κ2) is 9.03. The molecule has 0 atom stereocenters. The zero-order valence-electron chi connectivity index (χ0n) is 17.6. The van der Waals surface area contributed by atoms with Crippen LogP contribution in [0, 0.1) is 5.82 Å². The van der Waals surface area contributed by atoms with Crippen molar-refractivity contribution < 1.29 is 9.18 Å². The van der Waals surface area contributed by atoms with Crippen LogP contribution in [0.15, 0.2) is 48.5 Å². The predicted molar refractivity (Wildman–Crippen MR) is 125 cm³/mol. The number of piperidine rings is 1. The van der Waals surface area contributed by atoms with Gasteiger partial charge in [-0.15, -0.1) is 0 Å². The van der Waals surface area contributed by atoms with Gasteiger partial charge in [0, 0.05) is 36.1 Å². The van der Waals surface area contributed by atoms with E-state index in [1.807, 2.05) is 12.1 Å². The molecule has 0 bridgehead atoms. The minimum atomic E-state index is -0.387. The normalized spacial score (nSPS) is 14.8.